The smallest absolute Gasteiger partial charge is 0.310 e. The number of nitrogens with zero attached hydrogens (tertiary/aromatic N) is 1. The van der Waals surface area contributed by atoms with Crippen LogP contribution in [-0.2, 0) is 16.1 Å². The maximum Gasteiger partial charge on any atom is 0.310 e. The van der Waals surface area contributed by atoms with Gasteiger partial charge in [0.2, 0.25) is 5.91 Å². The molecular formula is C23H20N2O4. The van der Waals surface area contributed by atoms with E-state index in [1.54, 1.807) is 12.1 Å². The van der Waals surface area contributed by atoms with E-state index in [1.807, 2.05) is 60.7 Å². The SMILES string of the molecule is O=C(N[C@H]1C(=O)N(Cc2ccccc2)C[C@H]1C(=O)O)c1ccc2ccccc2c1. The first kappa shape index (κ1) is 18.7. The fourth-order valence-corrected chi connectivity index (χ4v) is 3.69. The zero-order chi connectivity index (χ0) is 20.4. The van der Waals surface area contributed by atoms with Gasteiger partial charge in [0.15, 0.2) is 0 Å². The molecule has 0 radical (unpaired) electrons. The Morgan fingerprint density at radius 2 is 1.66 bits per heavy atom. The van der Waals surface area contributed by atoms with Gasteiger partial charge >= 0.3 is 5.97 Å². The molecule has 146 valence electrons. The summed E-state index contributed by atoms with van der Waals surface area (Å²) >= 11 is 0. The van der Waals surface area contributed by atoms with Gasteiger partial charge in [-0.15, -0.1) is 0 Å². The lowest BCUT2D eigenvalue weighted by Gasteiger charge is -2.17. The molecule has 0 bridgehead atoms. The van der Waals surface area contributed by atoms with Gasteiger partial charge in [-0.05, 0) is 28.5 Å². The minimum atomic E-state index is -1.10. The van der Waals surface area contributed by atoms with Crippen LogP contribution in [0.25, 0.3) is 10.8 Å². The Labute approximate surface area is 167 Å². The fraction of sp³-hybridized carbons (Fsp3) is 0.174. The van der Waals surface area contributed by atoms with Gasteiger partial charge in [0.25, 0.3) is 5.91 Å². The third-order valence-electron chi connectivity index (χ3n) is 5.23. The molecule has 2 atom stereocenters. The highest BCUT2D eigenvalue weighted by Crippen LogP contribution is 2.22. The molecule has 0 unspecified atom stereocenters. The van der Waals surface area contributed by atoms with E-state index in [2.05, 4.69) is 5.32 Å². The Morgan fingerprint density at radius 1 is 0.966 bits per heavy atom. The van der Waals surface area contributed by atoms with Gasteiger partial charge in [-0.25, -0.2) is 0 Å². The largest absolute Gasteiger partial charge is 0.481 e. The molecule has 0 spiro atoms. The van der Waals surface area contributed by atoms with E-state index in [9.17, 15) is 19.5 Å². The summed E-state index contributed by atoms with van der Waals surface area (Å²) in [7, 11) is 0. The standard InChI is InChI=1S/C23H20N2O4/c26-21(18-11-10-16-8-4-5-9-17(16)12-18)24-20-19(23(28)29)14-25(22(20)27)13-15-6-2-1-3-7-15/h1-12,19-20H,13-14H2,(H,24,26)(H,28,29)/t19-,20-/m1/s1. The summed E-state index contributed by atoms with van der Waals surface area (Å²) in [6, 6.07) is 21.2. The molecule has 0 aliphatic carbocycles. The summed E-state index contributed by atoms with van der Waals surface area (Å²) in [4.78, 5) is 38.8. The number of hydrogen-bond acceptors (Lipinski definition) is 3. The third-order valence-corrected chi connectivity index (χ3v) is 5.23. The first-order valence-corrected chi connectivity index (χ1v) is 9.38. The Morgan fingerprint density at radius 3 is 2.38 bits per heavy atom. The number of carbonyl (C=O) groups is 3. The molecule has 1 aliphatic heterocycles. The Kier molecular flexibility index (Phi) is 4.99. The Hall–Kier alpha value is -3.67. The van der Waals surface area contributed by atoms with Crippen LogP contribution in [0.4, 0.5) is 0 Å². The number of hydrogen-bond donors (Lipinski definition) is 2. The van der Waals surface area contributed by atoms with Crippen molar-refractivity contribution in [3.63, 3.8) is 0 Å². The molecule has 1 heterocycles. The first-order chi connectivity index (χ1) is 14.0. The number of benzene rings is 3. The van der Waals surface area contributed by atoms with Crippen molar-refractivity contribution in [3.05, 3.63) is 83.9 Å². The number of carboxylic acids is 1. The molecule has 0 aromatic heterocycles. The van der Waals surface area contributed by atoms with Gasteiger partial charge in [0, 0.05) is 18.7 Å². The average molecular weight is 388 g/mol. The van der Waals surface area contributed by atoms with Crippen LogP contribution in [-0.4, -0.2) is 40.4 Å². The van der Waals surface area contributed by atoms with Crippen molar-refractivity contribution in [2.45, 2.75) is 12.6 Å². The number of carbonyl (C=O) groups excluding carboxylic acids is 2. The van der Waals surface area contributed by atoms with E-state index in [-0.39, 0.29) is 12.5 Å². The van der Waals surface area contributed by atoms with E-state index in [4.69, 9.17) is 0 Å². The van der Waals surface area contributed by atoms with Crippen LogP contribution in [0.3, 0.4) is 0 Å². The topological polar surface area (TPSA) is 86.7 Å². The van der Waals surface area contributed by atoms with Gasteiger partial charge in [-0.2, -0.15) is 0 Å². The number of amides is 2. The van der Waals surface area contributed by atoms with Gasteiger partial charge in [-0.1, -0.05) is 60.7 Å². The van der Waals surface area contributed by atoms with Crippen LogP contribution < -0.4 is 5.32 Å². The summed E-state index contributed by atoms with van der Waals surface area (Å²) in [5.74, 6) is -2.93. The van der Waals surface area contributed by atoms with Crippen molar-refractivity contribution in [1.29, 1.82) is 0 Å². The van der Waals surface area contributed by atoms with Crippen LogP contribution in [0, 0.1) is 5.92 Å². The van der Waals surface area contributed by atoms with Gasteiger partial charge < -0.3 is 15.3 Å². The van der Waals surface area contributed by atoms with Crippen molar-refractivity contribution < 1.29 is 19.5 Å². The lowest BCUT2D eigenvalue weighted by atomic mass is 10.0. The minimum Gasteiger partial charge on any atom is -0.481 e. The van der Waals surface area contributed by atoms with Crippen molar-refractivity contribution >= 4 is 28.6 Å². The second-order valence-electron chi connectivity index (χ2n) is 7.16. The van der Waals surface area contributed by atoms with Crippen LogP contribution in [0.15, 0.2) is 72.8 Å². The van der Waals surface area contributed by atoms with E-state index in [0.717, 1.165) is 16.3 Å². The second-order valence-corrected chi connectivity index (χ2v) is 7.16. The highest BCUT2D eigenvalue weighted by Gasteiger charge is 2.45. The minimum absolute atomic E-state index is 0.0612. The normalized spacial score (nSPS) is 18.8. The molecule has 1 fully saturated rings. The van der Waals surface area contributed by atoms with Crippen molar-refractivity contribution in [3.8, 4) is 0 Å². The lowest BCUT2D eigenvalue weighted by Crippen LogP contribution is -2.45. The van der Waals surface area contributed by atoms with Crippen molar-refractivity contribution in [2.75, 3.05) is 6.54 Å². The van der Waals surface area contributed by atoms with Gasteiger partial charge in [0.1, 0.15) is 12.0 Å². The first-order valence-electron chi connectivity index (χ1n) is 9.38. The lowest BCUT2D eigenvalue weighted by molar-refractivity contribution is -0.142. The summed E-state index contributed by atoms with van der Waals surface area (Å²) in [5, 5.41) is 14.1. The highest BCUT2D eigenvalue weighted by atomic mass is 16.4. The van der Waals surface area contributed by atoms with Crippen LogP contribution in [0.2, 0.25) is 0 Å². The molecule has 3 aromatic rings. The third kappa shape index (κ3) is 3.82. The Bertz CT molecular complexity index is 1080. The number of carboxylic acid groups (broad SMARTS) is 1. The quantitative estimate of drug-likeness (QED) is 0.704. The zero-order valence-corrected chi connectivity index (χ0v) is 15.6. The van der Waals surface area contributed by atoms with Crippen molar-refractivity contribution in [1.82, 2.24) is 10.2 Å². The summed E-state index contributed by atoms with van der Waals surface area (Å²) in [6.45, 7) is 0.373. The number of likely N-dealkylation sites (tertiary alicyclic amines) is 1. The Balaban J connectivity index is 1.54. The van der Waals surface area contributed by atoms with Gasteiger partial charge in [0.05, 0.1) is 0 Å². The second kappa shape index (κ2) is 7.75. The van der Waals surface area contributed by atoms with Crippen molar-refractivity contribution in [2.24, 2.45) is 5.92 Å². The summed E-state index contributed by atoms with van der Waals surface area (Å²) < 4.78 is 0. The van der Waals surface area contributed by atoms with E-state index in [1.165, 1.54) is 4.90 Å². The number of aliphatic carboxylic acids is 1. The maximum absolute atomic E-state index is 12.9. The van der Waals surface area contributed by atoms with Crippen LogP contribution >= 0.6 is 0 Å². The molecular weight excluding hydrogens is 368 g/mol. The molecule has 2 N–H and O–H groups in total. The number of rotatable bonds is 5. The number of nitrogens with one attached hydrogen (secondary N) is 1. The summed E-state index contributed by atoms with van der Waals surface area (Å²) in [6.07, 6.45) is 0. The molecule has 0 saturated carbocycles. The molecule has 1 saturated heterocycles. The number of fused-ring (bicyclic) bond motifs is 1. The fourth-order valence-electron chi connectivity index (χ4n) is 3.69. The average Bonchev–Trinajstić information content (AvgIpc) is 3.04. The van der Waals surface area contributed by atoms with Crippen LogP contribution in [0.5, 0.6) is 0 Å². The maximum atomic E-state index is 12.9. The monoisotopic (exact) mass is 388 g/mol. The van der Waals surface area contributed by atoms with Gasteiger partial charge in [-0.3, -0.25) is 14.4 Å². The highest BCUT2D eigenvalue weighted by molar-refractivity contribution is 6.02. The summed E-state index contributed by atoms with van der Waals surface area (Å²) in [5.41, 5.74) is 1.30. The molecule has 29 heavy (non-hydrogen) atoms. The molecule has 2 amide bonds. The molecule has 1 aliphatic rings. The zero-order valence-electron chi connectivity index (χ0n) is 15.6. The molecule has 4 rings (SSSR count). The van der Waals surface area contributed by atoms with E-state index < -0.39 is 23.8 Å². The molecule has 3 aromatic carbocycles. The predicted octanol–water partition coefficient (Wildman–Crippen LogP) is 2.68. The predicted molar refractivity (Wildman–Crippen MR) is 108 cm³/mol. The van der Waals surface area contributed by atoms with Crippen LogP contribution in [0.1, 0.15) is 15.9 Å². The van der Waals surface area contributed by atoms with E-state index >= 15 is 0 Å². The molecule has 6 heteroatoms. The molecule has 6 nitrogen and oxygen atoms in total. The van der Waals surface area contributed by atoms with E-state index in [0.29, 0.717) is 12.1 Å².